The molecule has 0 spiro atoms. The maximum absolute atomic E-state index is 12.2. The van der Waals surface area contributed by atoms with Gasteiger partial charge in [-0.05, 0) is 6.07 Å². The standard InChI is InChI=1S/C9H6F2N2O/c10-9(11)8(14)6-3-1-2-5-4-12-13-7(5)6/h1-4,9H,(H,12,13). The van der Waals surface area contributed by atoms with Crippen molar-refractivity contribution in [2.45, 2.75) is 6.43 Å². The first-order chi connectivity index (χ1) is 6.70. The summed E-state index contributed by atoms with van der Waals surface area (Å²) in [6, 6.07) is 4.60. The van der Waals surface area contributed by atoms with Crippen LogP contribution in [0.2, 0.25) is 0 Å². The van der Waals surface area contributed by atoms with Crippen LogP contribution in [0.15, 0.2) is 24.4 Å². The van der Waals surface area contributed by atoms with E-state index >= 15 is 0 Å². The van der Waals surface area contributed by atoms with Gasteiger partial charge >= 0.3 is 6.43 Å². The van der Waals surface area contributed by atoms with Gasteiger partial charge in [-0.2, -0.15) is 5.10 Å². The lowest BCUT2D eigenvalue weighted by atomic mass is 10.1. The molecule has 2 rings (SSSR count). The maximum Gasteiger partial charge on any atom is 0.300 e. The fourth-order valence-corrected chi connectivity index (χ4v) is 1.29. The number of hydrogen-bond acceptors (Lipinski definition) is 2. The second-order valence-electron chi connectivity index (χ2n) is 2.80. The van der Waals surface area contributed by atoms with Gasteiger partial charge in [-0.15, -0.1) is 0 Å². The van der Waals surface area contributed by atoms with Crippen LogP contribution in [-0.2, 0) is 0 Å². The van der Waals surface area contributed by atoms with Gasteiger partial charge in [-0.3, -0.25) is 9.89 Å². The molecule has 72 valence electrons. The van der Waals surface area contributed by atoms with Crippen molar-refractivity contribution in [2.75, 3.05) is 0 Å². The molecule has 0 bridgehead atoms. The summed E-state index contributed by atoms with van der Waals surface area (Å²) in [4.78, 5) is 11.1. The number of ketones is 1. The van der Waals surface area contributed by atoms with Crippen LogP contribution < -0.4 is 0 Å². The van der Waals surface area contributed by atoms with E-state index in [1.54, 1.807) is 12.1 Å². The van der Waals surface area contributed by atoms with Gasteiger partial charge in [0.2, 0.25) is 5.78 Å². The number of carbonyl (C=O) groups is 1. The number of aromatic amines is 1. The number of H-pyrrole nitrogens is 1. The third-order valence-electron chi connectivity index (χ3n) is 1.94. The molecule has 0 saturated carbocycles. The lowest BCUT2D eigenvalue weighted by Crippen LogP contribution is -2.10. The molecular formula is C9H6F2N2O. The largest absolute Gasteiger partial charge is 0.300 e. The minimum absolute atomic E-state index is 0.0185. The van der Waals surface area contributed by atoms with Gasteiger partial charge in [-0.25, -0.2) is 8.78 Å². The Hall–Kier alpha value is -1.78. The summed E-state index contributed by atoms with van der Waals surface area (Å²) in [6.07, 6.45) is -1.50. The Balaban J connectivity index is 2.62. The van der Waals surface area contributed by atoms with Crippen molar-refractivity contribution in [3.63, 3.8) is 0 Å². The van der Waals surface area contributed by atoms with Crippen LogP contribution >= 0.6 is 0 Å². The van der Waals surface area contributed by atoms with E-state index in [2.05, 4.69) is 10.2 Å². The first-order valence-corrected chi connectivity index (χ1v) is 3.94. The number of nitrogens with zero attached hydrogens (tertiary/aromatic N) is 1. The highest BCUT2D eigenvalue weighted by molar-refractivity contribution is 6.08. The smallest absolute Gasteiger partial charge is 0.288 e. The number of fused-ring (bicyclic) bond motifs is 1. The van der Waals surface area contributed by atoms with Crippen LogP contribution in [0.3, 0.4) is 0 Å². The van der Waals surface area contributed by atoms with Gasteiger partial charge in [0, 0.05) is 10.9 Å². The molecule has 0 atom stereocenters. The van der Waals surface area contributed by atoms with E-state index in [0.29, 0.717) is 10.9 Å². The predicted molar refractivity (Wildman–Crippen MR) is 46.4 cm³/mol. The van der Waals surface area contributed by atoms with Crippen LogP contribution in [0.5, 0.6) is 0 Å². The van der Waals surface area contributed by atoms with E-state index in [1.807, 2.05) is 0 Å². The molecule has 0 aliphatic carbocycles. The molecule has 1 N–H and O–H groups in total. The summed E-state index contributed by atoms with van der Waals surface area (Å²) < 4.78 is 24.3. The van der Waals surface area contributed by atoms with Gasteiger partial charge in [-0.1, -0.05) is 12.1 Å². The zero-order valence-corrected chi connectivity index (χ0v) is 7.00. The number of carbonyl (C=O) groups excluding carboxylic acids is 1. The second-order valence-corrected chi connectivity index (χ2v) is 2.80. The molecule has 0 radical (unpaired) electrons. The van der Waals surface area contributed by atoms with Crippen LogP contribution in [-0.4, -0.2) is 22.4 Å². The number of nitrogens with one attached hydrogen (secondary N) is 1. The van der Waals surface area contributed by atoms with E-state index in [-0.39, 0.29) is 5.56 Å². The van der Waals surface area contributed by atoms with Gasteiger partial charge < -0.3 is 0 Å². The average Bonchev–Trinajstić information content (AvgIpc) is 2.63. The molecule has 0 amide bonds. The quantitative estimate of drug-likeness (QED) is 0.746. The van der Waals surface area contributed by atoms with Gasteiger partial charge in [0.25, 0.3) is 0 Å². The zero-order chi connectivity index (χ0) is 10.1. The highest BCUT2D eigenvalue weighted by atomic mass is 19.3. The second kappa shape index (κ2) is 3.17. The lowest BCUT2D eigenvalue weighted by molar-refractivity contribution is 0.0680. The highest BCUT2D eigenvalue weighted by Crippen LogP contribution is 2.18. The minimum Gasteiger partial charge on any atom is -0.288 e. The number of hydrogen-bond donors (Lipinski definition) is 1. The lowest BCUT2D eigenvalue weighted by Gasteiger charge is -1.99. The van der Waals surface area contributed by atoms with Gasteiger partial charge in [0.1, 0.15) is 0 Å². The summed E-state index contributed by atoms with van der Waals surface area (Å²) in [7, 11) is 0. The number of benzene rings is 1. The molecular weight excluding hydrogens is 190 g/mol. The normalized spacial score (nSPS) is 11.1. The summed E-state index contributed by atoms with van der Waals surface area (Å²) in [6.45, 7) is 0. The maximum atomic E-state index is 12.2. The molecule has 1 heterocycles. The number of Topliss-reactive ketones (excluding diaryl/α,β-unsaturated/α-hetero) is 1. The van der Waals surface area contributed by atoms with Crippen molar-refractivity contribution in [3.05, 3.63) is 30.0 Å². The van der Waals surface area contributed by atoms with Crippen LogP contribution in [0, 0.1) is 0 Å². The van der Waals surface area contributed by atoms with Crippen LogP contribution in [0.1, 0.15) is 10.4 Å². The highest BCUT2D eigenvalue weighted by Gasteiger charge is 2.20. The van der Waals surface area contributed by atoms with E-state index in [4.69, 9.17) is 0 Å². The third kappa shape index (κ3) is 1.26. The van der Waals surface area contributed by atoms with Gasteiger partial charge in [0.15, 0.2) is 0 Å². The molecule has 0 aliphatic heterocycles. The number of aromatic nitrogens is 2. The summed E-state index contributed by atoms with van der Waals surface area (Å²) >= 11 is 0. The number of para-hydroxylation sites is 1. The Morgan fingerprint density at radius 1 is 1.43 bits per heavy atom. The Morgan fingerprint density at radius 3 is 2.93 bits per heavy atom. The minimum atomic E-state index is -2.98. The summed E-state index contributed by atoms with van der Waals surface area (Å²) in [5.41, 5.74) is 0.341. The van der Waals surface area contributed by atoms with Crippen LogP contribution in [0.4, 0.5) is 8.78 Å². The molecule has 0 saturated heterocycles. The molecule has 14 heavy (non-hydrogen) atoms. The topological polar surface area (TPSA) is 45.8 Å². The molecule has 0 unspecified atom stereocenters. The van der Waals surface area contributed by atoms with E-state index < -0.39 is 12.2 Å². The van der Waals surface area contributed by atoms with Crippen molar-refractivity contribution in [3.8, 4) is 0 Å². The average molecular weight is 196 g/mol. The fourth-order valence-electron chi connectivity index (χ4n) is 1.29. The third-order valence-corrected chi connectivity index (χ3v) is 1.94. The van der Waals surface area contributed by atoms with Crippen molar-refractivity contribution >= 4 is 16.7 Å². The number of alkyl halides is 2. The van der Waals surface area contributed by atoms with Crippen molar-refractivity contribution in [2.24, 2.45) is 0 Å². The Kier molecular flexibility index (Phi) is 1.99. The fraction of sp³-hybridized carbons (Fsp3) is 0.111. The van der Waals surface area contributed by atoms with Crippen LogP contribution in [0.25, 0.3) is 10.9 Å². The van der Waals surface area contributed by atoms with Crippen molar-refractivity contribution < 1.29 is 13.6 Å². The van der Waals surface area contributed by atoms with E-state index in [0.717, 1.165) is 0 Å². The Morgan fingerprint density at radius 2 is 2.21 bits per heavy atom. The summed E-state index contributed by atoms with van der Waals surface area (Å²) in [5.74, 6) is -1.18. The SMILES string of the molecule is O=C(c1cccc2cn[nH]c12)C(F)F. The van der Waals surface area contributed by atoms with E-state index in [9.17, 15) is 13.6 Å². The number of rotatable bonds is 2. The van der Waals surface area contributed by atoms with Crippen molar-refractivity contribution in [1.82, 2.24) is 10.2 Å². The van der Waals surface area contributed by atoms with Gasteiger partial charge in [0.05, 0.1) is 11.7 Å². The summed E-state index contributed by atoms with van der Waals surface area (Å²) in [5, 5.41) is 6.85. The molecule has 2 aromatic rings. The van der Waals surface area contributed by atoms with Crippen molar-refractivity contribution in [1.29, 1.82) is 0 Å². The molecule has 0 aliphatic rings. The Labute approximate surface area is 77.7 Å². The molecule has 3 nitrogen and oxygen atoms in total. The first-order valence-electron chi connectivity index (χ1n) is 3.94. The number of halogens is 2. The molecule has 0 fully saturated rings. The zero-order valence-electron chi connectivity index (χ0n) is 7.00. The monoisotopic (exact) mass is 196 g/mol. The molecule has 1 aromatic carbocycles. The Bertz CT molecular complexity index is 478. The predicted octanol–water partition coefficient (Wildman–Crippen LogP) is 2.01. The first kappa shape index (κ1) is 8.80. The molecule has 5 heteroatoms. The van der Waals surface area contributed by atoms with E-state index in [1.165, 1.54) is 12.3 Å². The molecule has 1 aromatic heterocycles.